The average molecular weight is 442 g/mol. The van der Waals surface area contributed by atoms with Crippen LogP contribution in [0.3, 0.4) is 0 Å². The van der Waals surface area contributed by atoms with Crippen LogP contribution in [0.2, 0.25) is 0 Å². The van der Waals surface area contributed by atoms with Gasteiger partial charge >= 0.3 is 23.8 Å². The molecule has 2 rings (SSSR count). The van der Waals surface area contributed by atoms with Crippen LogP contribution in [0, 0.1) is 0 Å². The van der Waals surface area contributed by atoms with Gasteiger partial charge in [-0.05, 0) is 12.1 Å². The summed E-state index contributed by atoms with van der Waals surface area (Å²) < 4.78 is 92.2. The van der Waals surface area contributed by atoms with E-state index in [2.05, 4.69) is 0 Å². The molecule has 0 saturated carbocycles. The number of fused-ring (bicyclic) bond motifs is 1. The lowest BCUT2D eigenvalue weighted by molar-refractivity contribution is -0.668. The highest BCUT2D eigenvalue weighted by Gasteiger charge is 2.77. The highest BCUT2D eigenvalue weighted by Crippen LogP contribution is 2.51. The second-order valence-corrected chi connectivity index (χ2v) is 4.58. The van der Waals surface area contributed by atoms with E-state index in [1.807, 2.05) is 0 Å². The number of aromatic nitrogens is 2. The molecule has 0 unspecified atom stereocenters. The SMILES string of the molecule is Cn1c(C(F)(F)C(F)(F)C(F)(F)F)[n+](C)c2ccccc21.[I-]. The van der Waals surface area contributed by atoms with Crippen LogP contribution in [0.1, 0.15) is 5.82 Å². The van der Waals surface area contributed by atoms with Crippen molar-refractivity contribution in [1.29, 1.82) is 0 Å². The third-order valence-electron chi connectivity index (χ3n) is 3.27. The summed E-state index contributed by atoms with van der Waals surface area (Å²) in [5, 5.41) is 0. The van der Waals surface area contributed by atoms with Gasteiger partial charge < -0.3 is 24.0 Å². The van der Waals surface area contributed by atoms with Crippen LogP contribution in [0.4, 0.5) is 30.7 Å². The molecule has 0 aliphatic heterocycles. The van der Waals surface area contributed by atoms with Crippen molar-refractivity contribution in [3.05, 3.63) is 30.1 Å². The Morgan fingerprint density at radius 3 is 1.91 bits per heavy atom. The molecular weight excluding hydrogens is 432 g/mol. The molecule has 0 spiro atoms. The molecule has 0 aliphatic carbocycles. The highest BCUT2D eigenvalue weighted by molar-refractivity contribution is 5.72. The predicted octanol–water partition coefficient (Wildman–Crippen LogP) is 0.296. The Hall–Kier alpha value is -1.07. The summed E-state index contributed by atoms with van der Waals surface area (Å²) in [5.41, 5.74) is 0.236. The van der Waals surface area contributed by atoms with Crippen molar-refractivity contribution in [2.45, 2.75) is 18.0 Å². The van der Waals surface area contributed by atoms with Crippen LogP contribution in [0.5, 0.6) is 0 Å². The molecule has 1 aromatic heterocycles. The molecular formula is C12H10F7IN2. The molecule has 0 aliphatic rings. The van der Waals surface area contributed by atoms with Crippen molar-refractivity contribution >= 4 is 11.0 Å². The van der Waals surface area contributed by atoms with Gasteiger partial charge in [0.1, 0.15) is 0 Å². The van der Waals surface area contributed by atoms with Crippen molar-refractivity contribution in [3.8, 4) is 0 Å². The minimum Gasteiger partial charge on any atom is -1.00 e. The van der Waals surface area contributed by atoms with Crippen LogP contribution in [0.15, 0.2) is 24.3 Å². The van der Waals surface area contributed by atoms with Gasteiger partial charge in [-0.25, -0.2) is 9.13 Å². The maximum Gasteiger partial charge on any atom is 0.460 e. The lowest BCUT2D eigenvalue weighted by Crippen LogP contribution is -3.00. The van der Waals surface area contributed by atoms with Crippen molar-refractivity contribution in [1.82, 2.24) is 4.57 Å². The van der Waals surface area contributed by atoms with Gasteiger partial charge in [0.15, 0.2) is 11.0 Å². The third-order valence-corrected chi connectivity index (χ3v) is 3.27. The molecule has 10 heteroatoms. The van der Waals surface area contributed by atoms with E-state index in [0.717, 1.165) is 14.1 Å². The molecule has 0 N–H and O–H groups in total. The van der Waals surface area contributed by atoms with Gasteiger partial charge in [-0.3, -0.25) is 0 Å². The zero-order valence-electron chi connectivity index (χ0n) is 11.2. The van der Waals surface area contributed by atoms with E-state index in [1.165, 1.54) is 24.3 Å². The minimum atomic E-state index is -6.36. The van der Waals surface area contributed by atoms with Crippen molar-refractivity contribution in [2.24, 2.45) is 14.1 Å². The van der Waals surface area contributed by atoms with E-state index in [-0.39, 0.29) is 35.0 Å². The Balaban J connectivity index is 0.00000242. The number of halogens is 8. The molecule has 22 heavy (non-hydrogen) atoms. The lowest BCUT2D eigenvalue weighted by Gasteiger charge is -2.25. The Kier molecular flexibility index (Phi) is 4.77. The number of hydrogen-bond donors (Lipinski definition) is 0. The van der Waals surface area contributed by atoms with E-state index < -0.39 is 23.8 Å². The van der Waals surface area contributed by atoms with E-state index >= 15 is 0 Å². The average Bonchev–Trinajstić information content (AvgIpc) is 2.61. The topological polar surface area (TPSA) is 8.81 Å². The Bertz CT molecular complexity index is 652. The maximum absolute atomic E-state index is 13.9. The molecule has 1 aromatic carbocycles. The van der Waals surface area contributed by atoms with Gasteiger partial charge in [-0.1, -0.05) is 12.1 Å². The summed E-state index contributed by atoms with van der Waals surface area (Å²) in [4.78, 5) is 0. The standard InChI is InChI=1S/C12H10F7N2.HI/c1-20-7-5-3-4-6-8(7)21(2)9(20)10(13,14)11(15,16)12(17,18)19;/h3-6H,1-2H3;1H/q+1;/p-1. The summed E-state index contributed by atoms with van der Waals surface area (Å²) in [6, 6.07) is 5.62. The number of imidazole rings is 1. The van der Waals surface area contributed by atoms with E-state index in [4.69, 9.17) is 0 Å². The second-order valence-electron chi connectivity index (χ2n) is 4.58. The normalized spacial score (nSPS) is 13.3. The van der Waals surface area contributed by atoms with Gasteiger partial charge in [0.2, 0.25) is 0 Å². The lowest BCUT2D eigenvalue weighted by atomic mass is 10.1. The summed E-state index contributed by atoms with van der Waals surface area (Å²) >= 11 is 0. The Labute approximate surface area is 137 Å². The number of benzene rings is 1. The van der Waals surface area contributed by atoms with Crippen molar-refractivity contribution in [3.63, 3.8) is 0 Å². The molecule has 0 radical (unpaired) electrons. The van der Waals surface area contributed by atoms with Crippen molar-refractivity contribution < 1.29 is 59.3 Å². The summed E-state index contributed by atoms with van der Waals surface area (Å²) in [6.07, 6.45) is -6.36. The number of rotatable bonds is 2. The summed E-state index contributed by atoms with van der Waals surface area (Å²) in [6.45, 7) is 0. The van der Waals surface area contributed by atoms with Crippen LogP contribution in [-0.4, -0.2) is 16.7 Å². The van der Waals surface area contributed by atoms with Gasteiger partial charge in [-0.2, -0.15) is 30.7 Å². The molecule has 0 fully saturated rings. The third kappa shape index (κ3) is 2.44. The molecule has 0 atom stereocenters. The highest BCUT2D eigenvalue weighted by atomic mass is 127. The molecule has 0 amide bonds. The van der Waals surface area contributed by atoms with E-state index in [0.29, 0.717) is 9.13 Å². The summed E-state index contributed by atoms with van der Waals surface area (Å²) in [7, 11) is 2.02. The molecule has 124 valence electrons. The number of para-hydroxylation sites is 2. The van der Waals surface area contributed by atoms with Gasteiger partial charge in [-0.15, -0.1) is 0 Å². The van der Waals surface area contributed by atoms with Gasteiger partial charge in [0, 0.05) is 0 Å². The first kappa shape index (κ1) is 19.0. The fraction of sp³-hybridized carbons (Fsp3) is 0.417. The summed E-state index contributed by atoms with van der Waals surface area (Å²) in [5.74, 6) is -13.0. The van der Waals surface area contributed by atoms with Crippen LogP contribution in [0.25, 0.3) is 11.0 Å². The molecule has 2 nitrogen and oxygen atoms in total. The first-order valence-electron chi connectivity index (χ1n) is 5.69. The number of hydrogen-bond acceptors (Lipinski definition) is 0. The maximum atomic E-state index is 13.9. The first-order chi connectivity index (χ1) is 9.43. The van der Waals surface area contributed by atoms with Crippen molar-refractivity contribution in [2.75, 3.05) is 0 Å². The minimum absolute atomic E-state index is 0. The fourth-order valence-electron chi connectivity index (χ4n) is 2.22. The molecule has 0 bridgehead atoms. The zero-order chi connectivity index (χ0) is 16.2. The van der Waals surface area contributed by atoms with E-state index in [9.17, 15) is 30.7 Å². The molecule has 1 heterocycles. The molecule has 0 saturated heterocycles. The monoisotopic (exact) mass is 442 g/mol. The quantitative estimate of drug-likeness (QED) is 0.360. The van der Waals surface area contributed by atoms with Crippen LogP contribution >= 0.6 is 0 Å². The first-order valence-corrected chi connectivity index (χ1v) is 5.69. The predicted molar refractivity (Wildman–Crippen MR) is 59.0 cm³/mol. The fourth-order valence-corrected chi connectivity index (χ4v) is 2.22. The number of nitrogens with zero attached hydrogens (tertiary/aromatic N) is 2. The molecule has 2 aromatic rings. The van der Waals surface area contributed by atoms with Gasteiger partial charge in [0.25, 0.3) is 0 Å². The zero-order valence-corrected chi connectivity index (χ0v) is 13.4. The van der Waals surface area contributed by atoms with Crippen LogP contribution in [-0.2, 0) is 20.0 Å². The Morgan fingerprint density at radius 1 is 0.955 bits per heavy atom. The Morgan fingerprint density at radius 2 is 1.45 bits per heavy atom. The van der Waals surface area contributed by atoms with E-state index in [1.54, 1.807) is 0 Å². The van der Waals surface area contributed by atoms with Crippen LogP contribution < -0.4 is 28.5 Å². The van der Waals surface area contributed by atoms with Gasteiger partial charge in [0.05, 0.1) is 14.1 Å². The number of alkyl halides is 7. The smallest absolute Gasteiger partial charge is 0.460 e. The number of aryl methyl sites for hydroxylation is 2. The second kappa shape index (κ2) is 5.53. The largest absolute Gasteiger partial charge is 1.00 e.